The molecule has 7 nitrogen and oxygen atoms in total. The van der Waals surface area contributed by atoms with Gasteiger partial charge in [0.05, 0.1) is 13.2 Å². The molecule has 1 N–H and O–H groups in total. The lowest BCUT2D eigenvalue weighted by atomic mass is 10.3. The van der Waals surface area contributed by atoms with E-state index in [0.29, 0.717) is 36.2 Å². The number of nitrogens with zero attached hydrogens (tertiary/aromatic N) is 3. The van der Waals surface area contributed by atoms with E-state index in [0.717, 1.165) is 0 Å². The molecule has 2 aromatic rings. The lowest BCUT2D eigenvalue weighted by Gasteiger charge is -2.17. The van der Waals surface area contributed by atoms with Gasteiger partial charge in [-0.05, 0) is 26.0 Å². The lowest BCUT2D eigenvalue weighted by molar-refractivity contribution is 0.219. The number of rotatable bonds is 5. The van der Waals surface area contributed by atoms with Crippen LogP contribution in [0.3, 0.4) is 0 Å². The second-order valence-electron chi connectivity index (χ2n) is 4.50. The highest BCUT2D eigenvalue weighted by Gasteiger charge is 2.14. The summed E-state index contributed by atoms with van der Waals surface area (Å²) in [5.41, 5.74) is 1.23. The molecule has 0 aliphatic heterocycles. The van der Waals surface area contributed by atoms with Gasteiger partial charge < -0.3 is 19.5 Å². The minimum absolute atomic E-state index is 0.274. The first kappa shape index (κ1) is 14.8. The van der Waals surface area contributed by atoms with Crippen LogP contribution in [-0.2, 0) is 6.54 Å². The first-order valence-electron chi connectivity index (χ1n) is 6.62. The number of pyridine rings is 1. The van der Waals surface area contributed by atoms with Crippen LogP contribution in [0.2, 0.25) is 0 Å². The molecular formula is C14H18N4O3. The monoisotopic (exact) mass is 290 g/mol. The Hall–Kier alpha value is -2.57. The van der Waals surface area contributed by atoms with Crippen LogP contribution in [0.25, 0.3) is 0 Å². The van der Waals surface area contributed by atoms with Gasteiger partial charge in [0.25, 0.3) is 0 Å². The van der Waals surface area contributed by atoms with Crippen molar-refractivity contribution in [2.24, 2.45) is 0 Å². The Labute approximate surface area is 122 Å². The first-order valence-corrected chi connectivity index (χ1v) is 6.62. The molecule has 0 atom stereocenters. The molecule has 2 amide bonds. The molecule has 21 heavy (non-hydrogen) atoms. The molecule has 0 spiro atoms. The van der Waals surface area contributed by atoms with Crippen molar-refractivity contribution in [3.63, 3.8) is 0 Å². The molecule has 0 saturated carbocycles. The summed E-state index contributed by atoms with van der Waals surface area (Å²) in [6.45, 7) is 4.50. The van der Waals surface area contributed by atoms with E-state index in [9.17, 15) is 4.79 Å². The van der Waals surface area contributed by atoms with E-state index in [1.807, 2.05) is 6.92 Å². The van der Waals surface area contributed by atoms with Gasteiger partial charge in [0.2, 0.25) is 5.88 Å². The number of anilines is 1. The number of aromatic nitrogens is 2. The summed E-state index contributed by atoms with van der Waals surface area (Å²) < 4.78 is 10.3. The fourth-order valence-corrected chi connectivity index (χ4v) is 1.76. The summed E-state index contributed by atoms with van der Waals surface area (Å²) >= 11 is 0. The van der Waals surface area contributed by atoms with Crippen molar-refractivity contribution >= 4 is 11.7 Å². The average Bonchev–Trinajstić information content (AvgIpc) is 2.86. The van der Waals surface area contributed by atoms with E-state index >= 15 is 0 Å². The molecule has 0 bridgehead atoms. The highest BCUT2D eigenvalue weighted by atomic mass is 16.5. The molecule has 112 valence electrons. The third kappa shape index (κ3) is 3.95. The summed E-state index contributed by atoms with van der Waals surface area (Å²) in [6.07, 6.45) is 1.61. The third-order valence-electron chi connectivity index (χ3n) is 2.72. The van der Waals surface area contributed by atoms with Crippen LogP contribution in [0, 0.1) is 6.92 Å². The summed E-state index contributed by atoms with van der Waals surface area (Å²) in [5, 5.41) is 6.62. The summed E-state index contributed by atoms with van der Waals surface area (Å²) in [7, 11) is 1.68. The zero-order valence-electron chi connectivity index (χ0n) is 12.3. The topological polar surface area (TPSA) is 80.5 Å². The number of carbonyl (C=O) groups is 1. The second kappa shape index (κ2) is 6.74. The predicted octanol–water partition coefficient (Wildman–Crippen LogP) is 2.44. The van der Waals surface area contributed by atoms with Crippen LogP contribution in [0.1, 0.15) is 18.4 Å². The third-order valence-corrected chi connectivity index (χ3v) is 2.72. The Morgan fingerprint density at radius 2 is 2.33 bits per heavy atom. The van der Waals surface area contributed by atoms with Crippen LogP contribution in [0.15, 0.2) is 28.9 Å². The van der Waals surface area contributed by atoms with Crippen LogP contribution in [0.4, 0.5) is 10.5 Å². The van der Waals surface area contributed by atoms with Crippen LogP contribution >= 0.6 is 0 Å². The fraction of sp³-hybridized carbons (Fsp3) is 0.357. The van der Waals surface area contributed by atoms with E-state index < -0.39 is 0 Å². The highest BCUT2D eigenvalue weighted by molar-refractivity contribution is 5.90. The molecule has 2 heterocycles. The normalized spacial score (nSPS) is 10.2. The second-order valence-corrected chi connectivity index (χ2v) is 4.50. The van der Waals surface area contributed by atoms with Crippen molar-refractivity contribution in [1.29, 1.82) is 0 Å². The number of urea groups is 1. The van der Waals surface area contributed by atoms with Gasteiger partial charge in [-0.15, -0.1) is 0 Å². The van der Waals surface area contributed by atoms with Gasteiger partial charge in [-0.2, -0.15) is 0 Å². The smallest absolute Gasteiger partial charge is 0.322 e. The number of aryl methyl sites for hydroxylation is 1. The molecule has 2 rings (SSSR count). The molecular weight excluding hydrogens is 272 g/mol. The van der Waals surface area contributed by atoms with E-state index in [1.54, 1.807) is 38.4 Å². The van der Waals surface area contributed by atoms with E-state index in [4.69, 9.17) is 9.26 Å². The van der Waals surface area contributed by atoms with Gasteiger partial charge in [-0.1, -0.05) is 5.16 Å². The minimum Gasteiger partial charge on any atom is -0.476 e. The maximum atomic E-state index is 12.2. The number of nitrogens with one attached hydrogen (secondary N) is 1. The molecule has 2 aromatic heterocycles. The standard InChI is InChI=1S/C14H18N4O3/c1-4-20-13-12(6-5-7-15-13)16-14(19)18(3)9-11-8-10(2)21-17-11/h5-8H,4,9H2,1-3H3,(H,16,19). The van der Waals surface area contributed by atoms with Crippen molar-refractivity contribution < 1.29 is 14.1 Å². The summed E-state index contributed by atoms with van der Waals surface area (Å²) in [4.78, 5) is 17.7. The van der Waals surface area contributed by atoms with Crippen molar-refractivity contribution in [1.82, 2.24) is 15.0 Å². The van der Waals surface area contributed by atoms with Crippen molar-refractivity contribution in [3.05, 3.63) is 35.9 Å². The average molecular weight is 290 g/mol. The minimum atomic E-state index is -0.274. The van der Waals surface area contributed by atoms with Crippen LogP contribution in [0.5, 0.6) is 5.88 Å². The van der Waals surface area contributed by atoms with Gasteiger partial charge in [0.15, 0.2) is 0 Å². The van der Waals surface area contributed by atoms with Crippen LogP contribution in [-0.4, -0.2) is 34.7 Å². The van der Waals surface area contributed by atoms with E-state index in [2.05, 4.69) is 15.5 Å². The number of hydrogen-bond donors (Lipinski definition) is 1. The molecule has 0 unspecified atom stereocenters. The number of amides is 2. The SMILES string of the molecule is CCOc1ncccc1NC(=O)N(C)Cc1cc(C)on1. The lowest BCUT2D eigenvalue weighted by Crippen LogP contribution is -2.31. The number of ether oxygens (including phenoxy) is 1. The van der Waals surface area contributed by atoms with E-state index in [-0.39, 0.29) is 6.03 Å². The largest absolute Gasteiger partial charge is 0.476 e. The summed E-state index contributed by atoms with van der Waals surface area (Å²) in [6, 6.07) is 4.99. The van der Waals surface area contributed by atoms with Crippen molar-refractivity contribution in [2.45, 2.75) is 20.4 Å². The molecule has 0 saturated heterocycles. The molecule has 0 aliphatic rings. The molecule has 0 radical (unpaired) electrons. The highest BCUT2D eigenvalue weighted by Crippen LogP contribution is 2.20. The Morgan fingerprint density at radius 1 is 1.52 bits per heavy atom. The fourth-order valence-electron chi connectivity index (χ4n) is 1.76. The quantitative estimate of drug-likeness (QED) is 0.914. The number of carbonyl (C=O) groups excluding carboxylic acids is 1. The van der Waals surface area contributed by atoms with Crippen molar-refractivity contribution in [2.75, 3.05) is 19.0 Å². The predicted molar refractivity (Wildman–Crippen MR) is 77.1 cm³/mol. The number of hydrogen-bond acceptors (Lipinski definition) is 5. The van der Waals surface area contributed by atoms with Gasteiger partial charge in [0, 0.05) is 19.3 Å². The Balaban J connectivity index is 2.00. The zero-order valence-corrected chi connectivity index (χ0v) is 12.3. The van der Waals surface area contributed by atoms with Crippen LogP contribution < -0.4 is 10.1 Å². The first-order chi connectivity index (χ1) is 10.1. The van der Waals surface area contributed by atoms with Gasteiger partial charge in [-0.3, -0.25) is 0 Å². The maximum Gasteiger partial charge on any atom is 0.322 e. The van der Waals surface area contributed by atoms with E-state index in [1.165, 1.54) is 4.90 Å². The molecule has 0 fully saturated rings. The Kier molecular flexibility index (Phi) is 4.76. The Morgan fingerprint density at radius 3 is 3.00 bits per heavy atom. The van der Waals surface area contributed by atoms with Gasteiger partial charge in [-0.25, -0.2) is 9.78 Å². The maximum absolute atomic E-state index is 12.2. The molecule has 7 heteroatoms. The van der Waals surface area contributed by atoms with Gasteiger partial charge >= 0.3 is 6.03 Å². The Bertz CT molecular complexity index is 612. The summed E-state index contributed by atoms with van der Waals surface area (Å²) in [5.74, 6) is 1.11. The van der Waals surface area contributed by atoms with Gasteiger partial charge in [0.1, 0.15) is 17.1 Å². The van der Waals surface area contributed by atoms with Crippen molar-refractivity contribution in [3.8, 4) is 5.88 Å². The molecule has 0 aromatic carbocycles. The molecule has 0 aliphatic carbocycles. The zero-order chi connectivity index (χ0) is 15.2.